The van der Waals surface area contributed by atoms with Crippen LogP contribution < -0.4 is 10.3 Å². The Kier molecular flexibility index (Phi) is 8.13. The van der Waals surface area contributed by atoms with Crippen molar-refractivity contribution >= 4 is 16.8 Å². The highest BCUT2D eigenvalue weighted by Crippen LogP contribution is 2.23. The quantitative estimate of drug-likeness (QED) is 0.329. The molecule has 0 aliphatic heterocycles. The van der Waals surface area contributed by atoms with Crippen molar-refractivity contribution in [3.8, 4) is 11.4 Å². The maximum Gasteiger partial charge on any atom is 0.266 e. The summed E-state index contributed by atoms with van der Waals surface area (Å²) in [6.07, 6.45) is 0.898. The third-order valence-corrected chi connectivity index (χ3v) is 6.21. The summed E-state index contributed by atoms with van der Waals surface area (Å²) in [4.78, 5) is 33.6. The number of benzene rings is 3. The van der Waals surface area contributed by atoms with Gasteiger partial charge in [-0.05, 0) is 55.3 Å². The molecule has 1 heterocycles. The summed E-state index contributed by atoms with van der Waals surface area (Å²) < 4.78 is 12.6. The highest BCUT2D eigenvalue weighted by atomic mass is 16.5. The third kappa shape index (κ3) is 5.47. The zero-order valence-electron chi connectivity index (χ0n) is 20.9. The Morgan fingerprint density at radius 1 is 1.00 bits per heavy atom. The van der Waals surface area contributed by atoms with Gasteiger partial charge in [0.05, 0.1) is 29.2 Å². The van der Waals surface area contributed by atoms with Gasteiger partial charge in [0, 0.05) is 13.7 Å². The normalized spacial score (nSPS) is 11.9. The number of methoxy groups -OCH3 is 1. The summed E-state index contributed by atoms with van der Waals surface area (Å²) in [6.45, 7) is 4.49. The number of carbonyl (C=O) groups excluding carboxylic acids is 1. The smallest absolute Gasteiger partial charge is 0.266 e. The number of aryl methyl sites for hydroxylation is 1. The van der Waals surface area contributed by atoms with Crippen molar-refractivity contribution in [2.45, 2.75) is 26.3 Å². The molecule has 0 saturated carbocycles. The van der Waals surface area contributed by atoms with E-state index in [1.165, 1.54) is 5.56 Å². The van der Waals surface area contributed by atoms with Gasteiger partial charge in [0.15, 0.2) is 6.61 Å². The fraction of sp³-hybridized carbons (Fsp3) is 0.276. The highest BCUT2D eigenvalue weighted by Gasteiger charge is 2.27. The Hall–Kier alpha value is -3.97. The summed E-state index contributed by atoms with van der Waals surface area (Å²) >= 11 is 0. The Morgan fingerprint density at radius 2 is 1.69 bits per heavy atom. The summed E-state index contributed by atoms with van der Waals surface area (Å²) in [5.41, 5.74) is 2.29. The van der Waals surface area contributed by atoms with Crippen LogP contribution in [-0.4, -0.2) is 47.2 Å². The fourth-order valence-corrected chi connectivity index (χ4v) is 4.17. The van der Waals surface area contributed by atoms with Crippen LogP contribution in [0.4, 0.5) is 0 Å². The van der Waals surface area contributed by atoms with Gasteiger partial charge >= 0.3 is 0 Å². The van der Waals surface area contributed by atoms with E-state index in [2.05, 4.69) is 6.92 Å². The van der Waals surface area contributed by atoms with Gasteiger partial charge in [0.25, 0.3) is 11.5 Å². The summed E-state index contributed by atoms with van der Waals surface area (Å²) in [5, 5.41) is 0.523. The fourth-order valence-electron chi connectivity index (χ4n) is 4.17. The number of hydrogen-bond donors (Lipinski definition) is 0. The molecule has 1 atom stereocenters. The molecule has 1 unspecified atom stereocenters. The molecule has 186 valence electrons. The van der Waals surface area contributed by atoms with Gasteiger partial charge in [-0.1, -0.05) is 49.4 Å². The SMILES string of the molecule is CCc1ccc(-n2c(C(C)N(CCOC)C(=O)COc3ccccc3)nc3ccccc3c2=O)cc1. The number of rotatable bonds is 10. The third-order valence-electron chi connectivity index (χ3n) is 6.21. The van der Waals surface area contributed by atoms with Gasteiger partial charge in [-0.25, -0.2) is 4.98 Å². The number of nitrogens with zero attached hydrogens (tertiary/aromatic N) is 3. The van der Waals surface area contributed by atoms with Gasteiger partial charge in [-0.3, -0.25) is 14.2 Å². The summed E-state index contributed by atoms with van der Waals surface area (Å²) in [6, 6.07) is 23.8. The average molecular weight is 486 g/mol. The average Bonchev–Trinajstić information content (AvgIpc) is 2.92. The molecule has 0 aliphatic rings. The van der Waals surface area contributed by atoms with E-state index in [9.17, 15) is 9.59 Å². The van der Waals surface area contributed by atoms with Crippen molar-refractivity contribution in [1.29, 1.82) is 0 Å². The molecule has 0 saturated heterocycles. The molecule has 7 nitrogen and oxygen atoms in total. The Balaban J connectivity index is 1.76. The van der Waals surface area contributed by atoms with Crippen molar-refractivity contribution in [3.63, 3.8) is 0 Å². The first kappa shape index (κ1) is 25.1. The lowest BCUT2D eigenvalue weighted by Crippen LogP contribution is -2.41. The topological polar surface area (TPSA) is 73.7 Å². The van der Waals surface area contributed by atoms with E-state index in [0.29, 0.717) is 41.3 Å². The molecule has 0 radical (unpaired) electrons. The molecule has 1 aromatic heterocycles. The van der Waals surface area contributed by atoms with Crippen LogP contribution in [0, 0.1) is 0 Å². The molecule has 1 amide bonds. The minimum absolute atomic E-state index is 0.138. The standard InChI is InChI=1S/C29H31N3O4/c1-4-22-14-16-23(17-15-22)32-28(30-26-13-9-8-12-25(26)29(32)34)21(2)31(18-19-35-3)27(33)20-36-24-10-6-5-7-11-24/h5-17,21H,4,18-20H2,1-3H3. The number of aromatic nitrogens is 2. The van der Waals surface area contributed by atoms with E-state index >= 15 is 0 Å². The molecule has 3 aromatic carbocycles. The zero-order valence-corrected chi connectivity index (χ0v) is 20.9. The molecule has 0 aliphatic carbocycles. The molecule has 4 aromatic rings. The zero-order chi connectivity index (χ0) is 25.5. The van der Waals surface area contributed by atoms with Crippen molar-refractivity contribution in [2.24, 2.45) is 0 Å². The van der Waals surface area contributed by atoms with Crippen LogP contribution >= 0.6 is 0 Å². The van der Waals surface area contributed by atoms with Crippen molar-refractivity contribution in [3.05, 3.63) is 101 Å². The maximum absolute atomic E-state index is 13.7. The summed E-state index contributed by atoms with van der Waals surface area (Å²) in [5.74, 6) is 0.868. The maximum atomic E-state index is 13.7. The molecule has 0 bridgehead atoms. The first-order valence-electron chi connectivity index (χ1n) is 12.1. The number of amides is 1. The van der Waals surface area contributed by atoms with Crippen molar-refractivity contribution in [1.82, 2.24) is 14.5 Å². The second-order valence-corrected chi connectivity index (χ2v) is 8.51. The Bertz CT molecular complexity index is 1370. The van der Waals surface area contributed by atoms with E-state index < -0.39 is 6.04 Å². The predicted molar refractivity (Wildman–Crippen MR) is 141 cm³/mol. The molecular formula is C29H31N3O4. The number of carbonyl (C=O) groups is 1. The molecule has 36 heavy (non-hydrogen) atoms. The molecule has 0 N–H and O–H groups in total. The number of ether oxygens (including phenoxy) is 2. The monoisotopic (exact) mass is 485 g/mol. The molecular weight excluding hydrogens is 454 g/mol. The second-order valence-electron chi connectivity index (χ2n) is 8.51. The number of para-hydroxylation sites is 2. The number of hydrogen-bond acceptors (Lipinski definition) is 5. The number of fused-ring (bicyclic) bond motifs is 1. The molecule has 4 rings (SSSR count). The van der Waals surface area contributed by atoms with Crippen LogP contribution in [0.5, 0.6) is 5.75 Å². The first-order chi connectivity index (χ1) is 17.5. The van der Waals surface area contributed by atoms with Gasteiger partial charge in [-0.15, -0.1) is 0 Å². The Labute approximate surface area is 210 Å². The lowest BCUT2D eigenvalue weighted by Gasteiger charge is -2.30. The minimum atomic E-state index is -0.518. The van der Waals surface area contributed by atoms with Gasteiger partial charge in [0.2, 0.25) is 0 Å². The van der Waals surface area contributed by atoms with E-state index in [1.807, 2.05) is 67.6 Å². The van der Waals surface area contributed by atoms with E-state index in [0.717, 1.165) is 6.42 Å². The van der Waals surface area contributed by atoms with Crippen LogP contribution in [0.3, 0.4) is 0 Å². The first-order valence-corrected chi connectivity index (χ1v) is 12.1. The molecule has 0 fully saturated rings. The van der Waals surface area contributed by atoms with Crippen LogP contribution in [-0.2, 0) is 16.0 Å². The largest absolute Gasteiger partial charge is 0.484 e. The minimum Gasteiger partial charge on any atom is -0.484 e. The highest BCUT2D eigenvalue weighted by molar-refractivity contribution is 5.79. The van der Waals surface area contributed by atoms with E-state index in [4.69, 9.17) is 14.5 Å². The van der Waals surface area contributed by atoms with Gasteiger partial charge in [-0.2, -0.15) is 0 Å². The van der Waals surface area contributed by atoms with Crippen LogP contribution in [0.25, 0.3) is 16.6 Å². The Morgan fingerprint density at radius 3 is 2.39 bits per heavy atom. The lowest BCUT2D eigenvalue weighted by molar-refractivity contribution is -0.136. The van der Waals surface area contributed by atoms with Crippen molar-refractivity contribution in [2.75, 3.05) is 26.9 Å². The van der Waals surface area contributed by atoms with Crippen LogP contribution in [0.15, 0.2) is 83.7 Å². The molecule has 7 heteroatoms. The van der Waals surface area contributed by atoms with E-state index in [1.54, 1.807) is 34.8 Å². The lowest BCUT2D eigenvalue weighted by atomic mass is 10.1. The predicted octanol–water partition coefficient (Wildman–Crippen LogP) is 4.56. The van der Waals surface area contributed by atoms with E-state index in [-0.39, 0.29) is 18.1 Å². The van der Waals surface area contributed by atoms with Crippen LogP contribution in [0.2, 0.25) is 0 Å². The van der Waals surface area contributed by atoms with Crippen molar-refractivity contribution < 1.29 is 14.3 Å². The van der Waals surface area contributed by atoms with Crippen LogP contribution in [0.1, 0.15) is 31.3 Å². The second kappa shape index (κ2) is 11.6. The molecule has 0 spiro atoms. The summed E-state index contributed by atoms with van der Waals surface area (Å²) in [7, 11) is 1.59. The van der Waals surface area contributed by atoms with Gasteiger partial charge in [0.1, 0.15) is 11.6 Å². The van der Waals surface area contributed by atoms with Gasteiger partial charge < -0.3 is 14.4 Å².